The van der Waals surface area contributed by atoms with E-state index in [4.69, 9.17) is 15.6 Å². The van der Waals surface area contributed by atoms with Gasteiger partial charge in [-0.3, -0.25) is 9.59 Å². The predicted octanol–water partition coefficient (Wildman–Crippen LogP) is -2.03. The van der Waals surface area contributed by atoms with Crippen molar-refractivity contribution in [3.8, 4) is 0 Å². The van der Waals surface area contributed by atoms with E-state index in [2.05, 4.69) is 9.78 Å². The molecule has 0 unspecified atom stereocenters. The number of carboxylic acid groups (broad SMARTS) is 1. The Morgan fingerprint density at radius 2 is 1.09 bits per heavy atom. The van der Waals surface area contributed by atoms with Gasteiger partial charge in [0.2, 0.25) is 17.2 Å². The molecule has 2 aromatic rings. The van der Waals surface area contributed by atoms with Crippen LogP contribution in [0.3, 0.4) is 0 Å². The van der Waals surface area contributed by atoms with Gasteiger partial charge in [-0.2, -0.15) is 9.78 Å². The van der Waals surface area contributed by atoms with E-state index in [0.29, 0.717) is 0 Å². The lowest BCUT2D eigenvalue weighted by molar-refractivity contribution is -0.567. The number of carboxylic acids is 1. The van der Waals surface area contributed by atoms with Crippen LogP contribution in [0.25, 0.3) is 0 Å². The number of aliphatic hydroxyl groups is 6. The van der Waals surface area contributed by atoms with Crippen molar-refractivity contribution in [1.82, 2.24) is 0 Å². The lowest BCUT2D eigenvalue weighted by Gasteiger charge is -2.46. The number of ketones is 2. The van der Waals surface area contributed by atoms with Gasteiger partial charge in [-0.25, -0.2) is 15.3 Å². The molecule has 0 amide bonds. The van der Waals surface area contributed by atoms with E-state index in [9.17, 15) is 45.0 Å². The maximum atomic E-state index is 13.1. The van der Waals surface area contributed by atoms with Crippen molar-refractivity contribution in [2.45, 2.75) is 29.1 Å². The minimum atomic E-state index is -4.86. The molecule has 0 heterocycles. The SMILES string of the molecule is O=C(c1ccccc1)C(O)(C(=O)c1ccccc1)[C@@H](O)C(O)(O)[C@](O)(OO)[C@@](O)(OO)C(=O)O. The van der Waals surface area contributed by atoms with Gasteiger partial charge in [0.15, 0.2) is 6.10 Å². The molecule has 0 saturated carbocycles. The molecular formula is C20H20O14. The predicted molar refractivity (Wildman–Crippen MR) is 105 cm³/mol. The smallest absolute Gasteiger partial charge is 0.373 e. The second kappa shape index (κ2) is 9.61. The average molecular weight is 484 g/mol. The summed E-state index contributed by atoms with van der Waals surface area (Å²) in [5.74, 6) is -20.6. The van der Waals surface area contributed by atoms with Crippen LogP contribution in [-0.4, -0.2) is 92.9 Å². The molecule has 0 bridgehead atoms. The number of rotatable bonds is 11. The number of hydrogen-bond acceptors (Lipinski definition) is 13. The molecule has 0 aliphatic carbocycles. The molecule has 0 spiro atoms. The molecule has 0 saturated heterocycles. The Balaban J connectivity index is 2.78. The van der Waals surface area contributed by atoms with Crippen molar-refractivity contribution >= 4 is 17.5 Å². The quantitative estimate of drug-likeness (QED) is 0.0548. The van der Waals surface area contributed by atoms with E-state index in [1.54, 1.807) is 0 Å². The van der Waals surface area contributed by atoms with Crippen molar-refractivity contribution < 1.29 is 70.4 Å². The minimum Gasteiger partial charge on any atom is -0.477 e. The van der Waals surface area contributed by atoms with E-state index in [0.717, 1.165) is 24.3 Å². The second-order valence-corrected chi connectivity index (χ2v) is 7.06. The van der Waals surface area contributed by atoms with E-state index in [1.807, 2.05) is 0 Å². The van der Waals surface area contributed by atoms with Crippen LogP contribution in [0.15, 0.2) is 60.7 Å². The Labute approximate surface area is 189 Å². The lowest BCUT2D eigenvalue weighted by Crippen LogP contribution is -2.79. The van der Waals surface area contributed by atoms with Gasteiger partial charge in [0, 0.05) is 11.1 Å². The molecule has 14 nitrogen and oxygen atoms in total. The zero-order chi connectivity index (χ0) is 25.9. The zero-order valence-electron chi connectivity index (χ0n) is 16.9. The first-order chi connectivity index (χ1) is 15.8. The largest absolute Gasteiger partial charge is 0.477 e. The van der Waals surface area contributed by atoms with E-state index in [1.165, 1.54) is 36.4 Å². The normalized spacial score (nSPS) is 16.7. The molecule has 9 N–H and O–H groups in total. The molecular weight excluding hydrogens is 464 g/mol. The third-order valence-electron chi connectivity index (χ3n) is 5.05. The maximum absolute atomic E-state index is 13.1. The first-order valence-electron chi connectivity index (χ1n) is 9.13. The van der Waals surface area contributed by atoms with Crippen molar-refractivity contribution in [3.63, 3.8) is 0 Å². The molecule has 0 aromatic heterocycles. The fourth-order valence-corrected chi connectivity index (χ4v) is 3.07. The fourth-order valence-electron chi connectivity index (χ4n) is 3.07. The van der Waals surface area contributed by atoms with Gasteiger partial charge in [0.25, 0.3) is 5.79 Å². The third kappa shape index (κ3) is 3.99. The van der Waals surface area contributed by atoms with Gasteiger partial charge in [0.05, 0.1) is 0 Å². The average Bonchev–Trinajstić information content (AvgIpc) is 2.86. The molecule has 0 fully saturated rings. The molecule has 34 heavy (non-hydrogen) atoms. The van der Waals surface area contributed by atoms with Crippen molar-refractivity contribution in [2.75, 3.05) is 0 Å². The Hall–Kier alpha value is -3.15. The van der Waals surface area contributed by atoms with Crippen molar-refractivity contribution in [3.05, 3.63) is 71.8 Å². The van der Waals surface area contributed by atoms with Gasteiger partial charge in [-0.05, 0) is 0 Å². The number of aliphatic carboxylic acids is 1. The van der Waals surface area contributed by atoms with Gasteiger partial charge in [-0.15, -0.1) is 0 Å². The monoisotopic (exact) mass is 484 g/mol. The summed E-state index contributed by atoms with van der Waals surface area (Å²) in [6.07, 6.45) is -3.68. The molecule has 3 atom stereocenters. The van der Waals surface area contributed by atoms with Crippen LogP contribution in [0.4, 0.5) is 0 Å². The Bertz CT molecular complexity index is 988. The standard InChI is InChI=1S/C20H20O14/c21-13(11-7-3-1-4-8-11)17(26,14(22)12-9-5-2-6-10-12)15(23)18(27,28)20(30,34-32)19(29,33-31)16(24)25/h1-10,15,23,26-32H,(H,24,25)/t15-,19+,20+/m1/s1. The summed E-state index contributed by atoms with van der Waals surface area (Å²) >= 11 is 0. The minimum absolute atomic E-state index is 0.482. The molecule has 2 aromatic carbocycles. The summed E-state index contributed by atoms with van der Waals surface area (Å²) in [6.45, 7) is 0. The van der Waals surface area contributed by atoms with Crippen LogP contribution in [0.5, 0.6) is 0 Å². The molecule has 0 radical (unpaired) electrons. The van der Waals surface area contributed by atoms with Gasteiger partial charge < -0.3 is 35.7 Å². The van der Waals surface area contributed by atoms with Gasteiger partial charge >= 0.3 is 17.5 Å². The summed E-state index contributed by atoms with van der Waals surface area (Å²) in [4.78, 5) is 44.0. The highest BCUT2D eigenvalue weighted by Crippen LogP contribution is 2.40. The number of aliphatic hydroxyl groups excluding tert-OH is 1. The number of carbonyl (C=O) groups excluding carboxylic acids is 2. The zero-order valence-corrected chi connectivity index (χ0v) is 16.9. The van der Waals surface area contributed by atoms with E-state index < -0.39 is 57.7 Å². The maximum Gasteiger partial charge on any atom is 0.373 e. The highest BCUT2D eigenvalue weighted by Gasteiger charge is 2.77. The number of benzene rings is 2. The van der Waals surface area contributed by atoms with Crippen LogP contribution in [0.1, 0.15) is 20.7 Å². The van der Waals surface area contributed by atoms with Crippen LogP contribution >= 0.6 is 0 Å². The first kappa shape index (κ1) is 27.1. The summed E-state index contributed by atoms with van der Waals surface area (Å²) in [5.41, 5.74) is -4.90. The Morgan fingerprint density at radius 1 is 0.706 bits per heavy atom. The first-order valence-corrected chi connectivity index (χ1v) is 9.13. The number of Topliss-reactive ketones (excluding diaryl/α,β-unsaturated/α-hetero) is 2. The van der Waals surface area contributed by atoms with Crippen molar-refractivity contribution in [1.29, 1.82) is 0 Å². The fraction of sp³-hybridized carbons (Fsp3) is 0.250. The number of carbonyl (C=O) groups is 3. The van der Waals surface area contributed by atoms with Crippen LogP contribution < -0.4 is 0 Å². The third-order valence-corrected chi connectivity index (χ3v) is 5.05. The van der Waals surface area contributed by atoms with Crippen molar-refractivity contribution in [2.24, 2.45) is 0 Å². The topological polar surface area (TPSA) is 252 Å². The Kier molecular flexibility index (Phi) is 7.66. The number of hydrogen-bond donors (Lipinski definition) is 9. The van der Waals surface area contributed by atoms with Crippen LogP contribution in [0, 0.1) is 0 Å². The molecule has 184 valence electrons. The van der Waals surface area contributed by atoms with Gasteiger partial charge in [0.1, 0.15) is 0 Å². The molecule has 14 heteroatoms. The molecule has 2 rings (SSSR count). The summed E-state index contributed by atoms with van der Waals surface area (Å²) < 4.78 is 0. The summed E-state index contributed by atoms with van der Waals surface area (Å²) in [5, 5.41) is 89.7. The van der Waals surface area contributed by atoms with E-state index in [-0.39, 0.29) is 0 Å². The van der Waals surface area contributed by atoms with Crippen LogP contribution in [-0.2, 0) is 14.6 Å². The van der Waals surface area contributed by atoms with Crippen LogP contribution in [0.2, 0.25) is 0 Å². The molecule has 0 aliphatic rings. The second-order valence-electron chi connectivity index (χ2n) is 7.06. The lowest BCUT2D eigenvalue weighted by atomic mass is 9.75. The molecule has 0 aliphatic heterocycles. The highest BCUT2D eigenvalue weighted by molar-refractivity contribution is 6.23. The summed E-state index contributed by atoms with van der Waals surface area (Å²) in [6, 6.07) is 12.1. The summed E-state index contributed by atoms with van der Waals surface area (Å²) in [7, 11) is 0. The highest BCUT2D eigenvalue weighted by atomic mass is 17.2. The Morgan fingerprint density at radius 3 is 1.38 bits per heavy atom. The van der Waals surface area contributed by atoms with Gasteiger partial charge in [-0.1, -0.05) is 60.7 Å². The van der Waals surface area contributed by atoms with E-state index >= 15 is 0 Å².